The van der Waals surface area contributed by atoms with Gasteiger partial charge in [0.2, 0.25) is 0 Å². The molecule has 2 nitrogen and oxygen atoms in total. The normalized spacial score (nSPS) is 31.5. The van der Waals surface area contributed by atoms with E-state index in [1.807, 2.05) is 0 Å². The van der Waals surface area contributed by atoms with Gasteiger partial charge < -0.3 is 4.74 Å². The van der Waals surface area contributed by atoms with E-state index in [0.717, 1.165) is 25.5 Å². The van der Waals surface area contributed by atoms with Gasteiger partial charge in [-0.05, 0) is 30.9 Å². The summed E-state index contributed by atoms with van der Waals surface area (Å²) in [5, 5.41) is 0. The average Bonchev–Trinajstić information content (AvgIpc) is 2.33. The number of morpholine rings is 1. The molecule has 0 aromatic heterocycles. The van der Waals surface area contributed by atoms with Gasteiger partial charge in [0.15, 0.2) is 0 Å². The van der Waals surface area contributed by atoms with Gasteiger partial charge in [-0.3, -0.25) is 4.90 Å². The van der Waals surface area contributed by atoms with Crippen molar-refractivity contribution < 1.29 is 4.74 Å². The first-order valence-corrected chi connectivity index (χ1v) is 7.32. The second-order valence-corrected chi connectivity index (χ2v) is 5.93. The summed E-state index contributed by atoms with van der Waals surface area (Å²) in [5.74, 6) is 1.05. The average molecular weight is 243 g/mol. The molecule has 1 atom stereocenters. The number of hydrogen-bond acceptors (Lipinski definition) is 3. The van der Waals surface area contributed by atoms with Crippen LogP contribution in [0.25, 0.3) is 0 Å². The van der Waals surface area contributed by atoms with Crippen LogP contribution >= 0.6 is 12.6 Å². The standard InChI is InChI=1S/C13H25NOS/c1-12-9-15-8-7-14(12)10-13(11-16)5-3-2-4-6-13/h12,16H,2-11H2,1H3. The van der Waals surface area contributed by atoms with Crippen molar-refractivity contribution in [2.24, 2.45) is 5.41 Å². The quantitative estimate of drug-likeness (QED) is 0.765. The molecule has 16 heavy (non-hydrogen) atoms. The first kappa shape index (κ1) is 12.7. The molecule has 0 aromatic carbocycles. The van der Waals surface area contributed by atoms with E-state index in [2.05, 4.69) is 24.5 Å². The molecule has 2 fully saturated rings. The number of ether oxygens (including phenoxy) is 1. The molecule has 3 heteroatoms. The molecule has 0 amide bonds. The molecule has 0 N–H and O–H groups in total. The summed E-state index contributed by atoms with van der Waals surface area (Å²) in [4.78, 5) is 2.62. The molecular weight excluding hydrogens is 218 g/mol. The summed E-state index contributed by atoms with van der Waals surface area (Å²) in [6.07, 6.45) is 6.98. The Bertz CT molecular complexity index is 216. The van der Waals surface area contributed by atoms with Gasteiger partial charge in [-0.15, -0.1) is 0 Å². The molecule has 1 saturated carbocycles. The van der Waals surface area contributed by atoms with Gasteiger partial charge in [-0.2, -0.15) is 12.6 Å². The van der Waals surface area contributed by atoms with Crippen LogP contribution in [0.1, 0.15) is 39.0 Å². The Balaban J connectivity index is 1.93. The molecule has 1 heterocycles. The van der Waals surface area contributed by atoms with Crippen LogP contribution in [0.4, 0.5) is 0 Å². The van der Waals surface area contributed by atoms with E-state index < -0.39 is 0 Å². The lowest BCUT2D eigenvalue weighted by atomic mass is 9.75. The fourth-order valence-electron chi connectivity index (χ4n) is 3.10. The SMILES string of the molecule is CC1COCCN1CC1(CS)CCCCC1. The molecule has 0 radical (unpaired) electrons. The van der Waals surface area contributed by atoms with Crippen LogP contribution in [-0.4, -0.2) is 43.0 Å². The summed E-state index contributed by atoms with van der Waals surface area (Å²) in [5.41, 5.74) is 0.493. The van der Waals surface area contributed by atoms with Gasteiger partial charge in [0, 0.05) is 19.1 Å². The van der Waals surface area contributed by atoms with Crippen LogP contribution in [0.15, 0.2) is 0 Å². The van der Waals surface area contributed by atoms with Crippen molar-refractivity contribution in [3.05, 3.63) is 0 Å². The van der Waals surface area contributed by atoms with Crippen LogP contribution in [0.3, 0.4) is 0 Å². The minimum atomic E-state index is 0.493. The van der Waals surface area contributed by atoms with E-state index in [-0.39, 0.29) is 0 Å². The minimum Gasteiger partial charge on any atom is -0.379 e. The summed E-state index contributed by atoms with van der Waals surface area (Å²) in [6.45, 7) is 6.45. The Labute approximate surface area is 105 Å². The first-order chi connectivity index (χ1) is 7.76. The maximum Gasteiger partial charge on any atom is 0.0619 e. The monoisotopic (exact) mass is 243 g/mol. The van der Waals surface area contributed by atoms with Gasteiger partial charge in [-0.1, -0.05) is 19.3 Å². The summed E-state index contributed by atoms with van der Waals surface area (Å²) < 4.78 is 5.51. The van der Waals surface area contributed by atoms with Crippen molar-refractivity contribution in [3.63, 3.8) is 0 Å². The highest BCUT2D eigenvalue weighted by Gasteiger charge is 2.34. The van der Waals surface area contributed by atoms with E-state index in [4.69, 9.17) is 4.74 Å². The predicted molar refractivity (Wildman–Crippen MR) is 71.2 cm³/mol. The second-order valence-electron chi connectivity index (χ2n) is 5.61. The number of nitrogens with zero attached hydrogens (tertiary/aromatic N) is 1. The van der Waals surface area contributed by atoms with Crippen molar-refractivity contribution in [2.45, 2.75) is 45.1 Å². The highest BCUT2D eigenvalue weighted by atomic mass is 32.1. The van der Waals surface area contributed by atoms with Crippen molar-refractivity contribution in [1.29, 1.82) is 0 Å². The zero-order chi connectivity index (χ0) is 11.4. The fraction of sp³-hybridized carbons (Fsp3) is 1.00. The minimum absolute atomic E-state index is 0.493. The van der Waals surface area contributed by atoms with Gasteiger partial charge in [-0.25, -0.2) is 0 Å². The fourth-order valence-corrected chi connectivity index (χ4v) is 3.51. The van der Waals surface area contributed by atoms with Gasteiger partial charge in [0.1, 0.15) is 0 Å². The van der Waals surface area contributed by atoms with Gasteiger partial charge >= 0.3 is 0 Å². The number of thiol groups is 1. The smallest absolute Gasteiger partial charge is 0.0619 e. The maximum absolute atomic E-state index is 5.51. The van der Waals surface area contributed by atoms with E-state index in [9.17, 15) is 0 Å². The van der Waals surface area contributed by atoms with Crippen molar-refractivity contribution in [1.82, 2.24) is 4.90 Å². The first-order valence-electron chi connectivity index (χ1n) is 6.68. The Kier molecular flexibility index (Phi) is 4.57. The van der Waals surface area contributed by atoms with Crippen LogP contribution in [-0.2, 0) is 4.74 Å². The lowest BCUT2D eigenvalue weighted by Gasteiger charge is -2.43. The second kappa shape index (κ2) is 5.74. The highest BCUT2D eigenvalue weighted by Crippen LogP contribution is 2.38. The molecule has 2 rings (SSSR count). The van der Waals surface area contributed by atoms with Crippen LogP contribution in [0, 0.1) is 5.41 Å². The molecule has 94 valence electrons. The van der Waals surface area contributed by atoms with E-state index in [1.165, 1.54) is 38.6 Å². The van der Waals surface area contributed by atoms with E-state index in [1.54, 1.807) is 0 Å². The van der Waals surface area contributed by atoms with Crippen molar-refractivity contribution in [3.8, 4) is 0 Å². The molecule has 1 unspecified atom stereocenters. The van der Waals surface area contributed by atoms with Gasteiger partial charge in [0.25, 0.3) is 0 Å². The lowest BCUT2D eigenvalue weighted by molar-refractivity contribution is -0.0226. The van der Waals surface area contributed by atoms with Crippen molar-refractivity contribution >= 4 is 12.6 Å². The Morgan fingerprint density at radius 2 is 2.06 bits per heavy atom. The third-order valence-electron chi connectivity index (χ3n) is 4.29. The van der Waals surface area contributed by atoms with Crippen LogP contribution in [0.5, 0.6) is 0 Å². The van der Waals surface area contributed by atoms with E-state index in [0.29, 0.717) is 11.5 Å². The Morgan fingerprint density at radius 3 is 2.69 bits per heavy atom. The topological polar surface area (TPSA) is 12.5 Å². The summed E-state index contributed by atoms with van der Waals surface area (Å²) >= 11 is 4.62. The maximum atomic E-state index is 5.51. The zero-order valence-corrected chi connectivity index (χ0v) is 11.3. The van der Waals surface area contributed by atoms with Crippen LogP contribution in [0.2, 0.25) is 0 Å². The van der Waals surface area contributed by atoms with Crippen molar-refractivity contribution in [2.75, 3.05) is 32.1 Å². The summed E-state index contributed by atoms with van der Waals surface area (Å²) in [6, 6.07) is 0.590. The zero-order valence-electron chi connectivity index (χ0n) is 10.5. The number of rotatable bonds is 3. The molecule has 1 aliphatic carbocycles. The van der Waals surface area contributed by atoms with E-state index >= 15 is 0 Å². The molecule has 1 saturated heterocycles. The molecule has 0 spiro atoms. The number of hydrogen-bond donors (Lipinski definition) is 1. The highest BCUT2D eigenvalue weighted by molar-refractivity contribution is 7.80. The summed E-state index contributed by atoms with van der Waals surface area (Å²) in [7, 11) is 0. The Hall–Kier alpha value is 0.270. The molecular formula is C13H25NOS. The third-order valence-corrected chi connectivity index (χ3v) is 4.96. The molecule has 0 aromatic rings. The predicted octanol–water partition coefficient (Wildman–Crippen LogP) is 2.59. The molecule has 1 aliphatic heterocycles. The molecule has 2 aliphatic rings. The third kappa shape index (κ3) is 2.93. The Morgan fingerprint density at radius 1 is 1.31 bits per heavy atom. The van der Waals surface area contributed by atoms with Crippen LogP contribution < -0.4 is 0 Å². The van der Waals surface area contributed by atoms with Gasteiger partial charge in [0.05, 0.1) is 13.2 Å². The largest absolute Gasteiger partial charge is 0.379 e. The molecule has 0 bridgehead atoms. The lowest BCUT2D eigenvalue weighted by Crippen LogP contribution is -2.50.